The zero-order chi connectivity index (χ0) is 11.0. The molecule has 0 aromatic carbocycles. The summed E-state index contributed by atoms with van der Waals surface area (Å²) in [6.45, 7) is 3.94. The molecule has 0 aliphatic heterocycles. The fourth-order valence-corrected chi connectivity index (χ4v) is 1.54. The fraction of sp³-hybridized carbons (Fsp3) is 0.300. The summed E-state index contributed by atoms with van der Waals surface area (Å²) < 4.78 is 2.75. The third kappa shape index (κ3) is 1.79. The minimum Gasteiger partial charge on any atom is -0.252 e. The minimum absolute atomic E-state index is 0.841. The Kier molecular flexibility index (Phi) is 2.56. The Labute approximate surface area is 96.5 Å². The molecule has 0 bridgehead atoms. The molecule has 0 spiro atoms. The third-order valence-electron chi connectivity index (χ3n) is 2.37. The number of pyridine rings is 1. The van der Waals surface area contributed by atoms with Gasteiger partial charge < -0.3 is 0 Å². The highest BCUT2D eigenvalue weighted by Gasteiger charge is 2.10. The summed E-state index contributed by atoms with van der Waals surface area (Å²) in [7, 11) is 1.87. The van der Waals surface area contributed by atoms with Crippen LogP contribution in [0.3, 0.4) is 0 Å². The highest BCUT2D eigenvalue weighted by Crippen LogP contribution is 2.21. The van der Waals surface area contributed by atoms with Gasteiger partial charge in [-0.25, -0.2) is 0 Å². The van der Waals surface area contributed by atoms with E-state index in [2.05, 4.69) is 31.2 Å². The van der Waals surface area contributed by atoms with Gasteiger partial charge in [0.05, 0.1) is 17.1 Å². The van der Waals surface area contributed by atoms with Crippen molar-refractivity contribution in [3.05, 3.63) is 28.0 Å². The Morgan fingerprint density at radius 3 is 2.53 bits per heavy atom. The van der Waals surface area contributed by atoms with E-state index < -0.39 is 0 Å². The first-order valence-corrected chi connectivity index (χ1v) is 5.38. The van der Waals surface area contributed by atoms with Gasteiger partial charge in [0, 0.05) is 11.5 Å². The van der Waals surface area contributed by atoms with E-state index in [1.807, 2.05) is 33.0 Å². The SMILES string of the molecule is Cc1nc(-c2nnn(C)c2C)ccc1Br. The molecule has 0 unspecified atom stereocenters. The van der Waals surface area contributed by atoms with Gasteiger partial charge in [0.25, 0.3) is 0 Å². The number of nitrogens with zero attached hydrogens (tertiary/aromatic N) is 4. The molecule has 0 N–H and O–H groups in total. The van der Waals surface area contributed by atoms with Crippen molar-refractivity contribution in [2.45, 2.75) is 13.8 Å². The van der Waals surface area contributed by atoms with Crippen molar-refractivity contribution in [3.8, 4) is 11.4 Å². The average molecular weight is 267 g/mol. The summed E-state index contributed by atoms with van der Waals surface area (Å²) in [5.74, 6) is 0. The Balaban J connectivity index is 2.55. The molecule has 2 aromatic rings. The zero-order valence-corrected chi connectivity index (χ0v) is 10.4. The Morgan fingerprint density at radius 1 is 1.27 bits per heavy atom. The van der Waals surface area contributed by atoms with E-state index in [0.29, 0.717) is 0 Å². The third-order valence-corrected chi connectivity index (χ3v) is 3.21. The number of rotatable bonds is 1. The van der Waals surface area contributed by atoms with E-state index >= 15 is 0 Å². The molecule has 2 rings (SSSR count). The van der Waals surface area contributed by atoms with Gasteiger partial charge in [0.1, 0.15) is 5.69 Å². The molecule has 78 valence electrons. The molecule has 0 saturated carbocycles. The van der Waals surface area contributed by atoms with Gasteiger partial charge in [0.2, 0.25) is 0 Å². The molecule has 0 radical (unpaired) electrons. The summed E-state index contributed by atoms with van der Waals surface area (Å²) in [5.41, 5.74) is 3.68. The lowest BCUT2D eigenvalue weighted by atomic mass is 10.2. The maximum absolute atomic E-state index is 4.45. The smallest absolute Gasteiger partial charge is 0.134 e. The fourth-order valence-electron chi connectivity index (χ4n) is 1.32. The van der Waals surface area contributed by atoms with Crippen molar-refractivity contribution < 1.29 is 0 Å². The largest absolute Gasteiger partial charge is 0.252 e. The van der Waals surface area contributed by atoms with Crippen LogP contribution in [-0.2, 0) is 7.05 Å². The molecular weight excluding hydrogens is 256 g/mol. The highest BCUT2D eigenvalue weighted by molar-refractivity contribution is 9.10. The van der Waals surface area contributed by atoms with Gasteiger partial charge in [-0.05, 0) is 41.9 Å². The van der Waals surface area contributed by atoms with Crippen LogP contribution in [-0.4, -0.2) is 20.0 Å². The van der Waals surface area contributed by atoms with Crippen molar-refractivity contribution in [1.82, 2.24) is 20.0 Å². The van der Waals surface area contributed by atoms with Crippen molar-refractivity contribution in [1.29, 1.82) is 0 Å². The summed E-state index contributed by atoms with van der Waals surface area (Å²) in [5, 5.41) is 8.05. The number of hydrogen-bond donors (Lipinski definition) is 0. The standard InChI is InChI=1S/C10H11BrN4/c1-6-8(11)4-5-9(12-6)10-7(2)15(3)14-13-10/h4-5H,1-3H3. The van der Waals surface area contributed by atoms with Crippen LogP contribution in [0.1, 0.15) is 11.4 Å². The van der Waals surface area contributed by atoms with Crippen LogP contribution >= 0.6 is 15.9 Å². The first-order chi connectivity index (χ1) is 7.09. The van der Waals surface area contributed by atoms with Crippen molar-refractivity contribution in [3.63, 3.8) is 0 Å². The Bertz CT molecular complexity index is 504. The van der Waals surface area contributed by atoms with Crippen LogP contribution in [0.25, 0.3) is 11.4 Å². The molecule has 0 aliphatic carbocycles. The quantitative estimate of drug-likeness (QED) is 0.796. The van der Waals surface area contributed by atoms with Gasteiger partial charge in [-0.2, -0.15) is 0 Å². The van der Waals surface area contributed by atoms with E-state index in [1.165, 1.54) is 0 Å². The number of aryl methyl sites for hydroxylation is 2. The zero-order valence-electron chi connectivity index (χ0n) is 8.82. The highest BCUT2D eigenvalue weighted by atomic mass is 79.9. The second-order valence-electron chi connectivity index (χ2n) is 3.41. The van der Waals surface area contributed by atoms with Crippen molar-refractivity contribution >= 4 is 15.9 Å². The summed E-state index contributed by atoms with van der Waals surface area (Å²) >= 11 is 3.42. The maximum Gasteiger partial charge on any atom is 0.134 e. The number of aromatic nitrogens is 4. The van der Waals surface area contributed by atoms with Crippen molar-refractivity contribution in [2.24, 2.45) is 7.05 Å². The van der Waals surface area contributed by atoms with Gasteiger partial charge >= 0.3 is 0 Å². The van der Waals surface area contributed by atoms with Gasteiger partial charge in [0.15, 0.2) is 0 Å². The molecule has 2 aromatic heterocycles. The molecule has 0 aliphatic rings. The summed E-state index contributed by atoms with van der Waals surface area (Å²) in [4.78, 5) is 4.45. The van der Waals surface area contributed by atoms with Crippen LogP contribution in [0.4, 0.5) is 0 Å². The minimum atomic E-state index is 0.841. The Morgan fingerprint density at radius 2 is 2.00 bits per heavy atom. The Hall–Kier alpha value is -1.23. The number of halogens is 1. The second-order valence-corrected chi connectivity index (χ2v) is 4.27. The summed E-state index contributed by atoms with van der Waals surface area (Å²) in [6.07, 6.45) is 0. The molecule has 0 saturated heterocycles. The van der Waals surface area contributed by atoms with E-state index in [1.54, 1.807) is 4.68 Å². The topological polar surface area (TPSA) is 43.6 Å². The predicted molar refractivity (Wildman–Crippen MR) is 61.4 cm³/mol. The lowest BCUT2D eigenvalue weighted by Crippen LogP contribution is -1.93. The van der Waals surface area contributed by atoms with E-state index in [9.17, 15) is 0 Å². The van der Waals surface area contributed by atoms with E-state index in [4.69, 9.17) is 0 Å². The first-order valence-electron chi connectivity index (χ1n) is 4.59. The van der Waals surface area contributed by atoms with Crippen LogP contribution < -0.4 is 0 Å². The van der Waals surface area contributed by atoms with Crippen LogP contribution in [0, 0.1) is 13.8 Å². The lowest BCUT2D eigenvalue weighted by Gasteiger charge is -2.01. The maximum atomic E-state index is 4.45. The molecule has 0 amide bonds. The van der Waals surface area contributed by atoms with Crippen molar-refractivity contribution in [2.75, 3.05) is 0 Å². The molecule has 15 heavy (non-hydrogen) atoms. The molecule has 4 nitrogen and oxygen atoms in total. The molecule has 0 atom stereocenters. The monoisotopic (exact) mass is 266 g/mol. The normalized spacial score (nSPS) is 10.7. The van der Waals surface area contributed by atoms with Crippen LogP contribution in [0.5, 0.6) is 0 Å². The van der Waals surface area contributed by atoms with E-state index in [-0.39, 0.29) is 0 Å². The average Bonchev–Trinajstić information content (AvgIpc) is 2.53. The summed E-state index contributed by atoms with van der Waals surface area (Å²) in [6, 6.07) is 3.92. The van der Waals surface area contributed by atoms with Crippen LogP contribution in [0.2, 0.25) is 0 Å². The van der Waals surface area contributed by atoms with Crippen LogP contribution in [0.15, 0.2) is 16.6 Å². The van der Waals surface area contributed by atoms with E-state index in [0.717, 1.165) is 27.2 Å². The van der Waals surface area contributed by atoms with Gasteiger partial charge in [-0.3, -0.25) is 9.67 Å². The number of hydrogen-bond acceptors (Lipinski definition) is 3. The molecule has 2 heterocycles. The second kappa shape index (κ2) is 3.73. The lowest BCUT2D eigenvalue weighted by molar-refractivity contribution is 0.696. The first kappa shape index (κ1) is 10.3. The van der Waals surface area contributed by atoms with Gasteiger partial charge in [-0.15, -0.1) is 5.10 Å². The predicted octanol–water partition coefficient (Wildman–Crippen LogP) is 2.26. The molecule has 5 heteroatoms. The van der Waals surface area contributed by atoms with Gasteiger partial charge in [-0.1, -0.05) is 5.21 Å². The molecular formula is C10H11BrN4. The molecule has 0 fully saturated rings.